The maximum absolute atomic E-state index is 9.53. The van der Waals surface area contributed by atoms with Crippen LogP contribution in [0.2, 0.25) is 0 Å². The van der Waals surface area contributed by atoms with E-state index in [0.717, 1.165) is 0 Å². The summed E-state index contributed by atoms with van der Waals surface area (Å²) >= 11 is 0. The zero-order chi connectivity index (χ0) is 13.1. The zero-order valence-corrected chi connectivity index (χ0v) is 10.3. The molecule has 0 aromatic heterocycles. The van der Waals surface area contributed by atoms with E-state index in [-0.39, 0.29) is 19.8 Å². The maximum atomic E-state index is 9.53. The molecule has 1 aliphatic rings. The fourth-order valence-electron chi connectivity index (χ4n) is 1.93. The molecule has 1 aromatic carbocycles. The van der Waals surface area contributed by atoms with Gasteiger partial charge in [-0.15, -0.1) is 0 Å². The van der Waals surface area contributed by atoms with E-state index in [1.807, 2.05) is 0 Å². The molecule has 0 aliphatic carbocycles. The molecule has 6 nitrogen and oxygen atoms in total. The number of benzene rings is 1. The highest BCUT2D eigenvalue weighted by Gasteiger charge is 2.26. The first-order valence-electron chi connectivity index (χ1n) is 5.53. The Morgan fingerprint density at radius 2 is 2.00 bits per heavy atom. The van der Waals surface area contributed by atoms with Crippen molar-refractivity contribution in [2.75, 3.05) is 27.6 Å². The van der Waals surface area contributed by atoms with Gasteiger partial charge in [-0.2, -0.15) is 0 Å². The van der Waals surface area contributed by atoms with Gasteiger partial charge in [0.2, 0.25) is 18.3 Å². The third kappa shape index (κ3) is 2.16. The third-order valence-electron chi connectivity index (χ3n) is 2.73. The van der Waals surface area contributed by atoms with E-state index in [1.54, 1.807) is 6.07 Å². The Labute approximate surface area is 105 Å². The van der Waals surface area contributed by atoms with Crippen molar-refractivity contribution in [1.29, 1.82) is 0 Å². The second kappa shape index (κ2) is 5.32. The minimum atomic E-state index is -0.857. The average Bonchev–Trinajstić information content (AvgIpc) is 2.84. The lowest BCUT2D eigenvalue weighted by Crippen LogP contribution is -2.15. The highest BCUT2D eigenvalue weighted by Crippen LogP contribution is 2.49. The van der Waals surface area contributed by atoms with Crippen LogP contribution in [0.4, 0.5) is 0 Å². The lowest BCUT2D eigenvalue weighted by molar-refractivity contribution is 0.0948. The molecule has 18 heavy (non-hydrogen) atoms. The van der Waals surface area contributed by atoms with Gasteiger partial charge >= 0.3 is 0 Å². The summed E-state index contributed by atoms with van der Waals surface area (Å²) in [5.74, 6) is 1.96. The standard InChI is InChI=1S/C12H16O6/c1-15-10-7(3-8(14)5-13)4-9-11(12(10)16-2)18-6-17-9/h4,8,13-14H,3,5-6H2,1-2H3/t8-/m0/s1. The molecule has 1 aromatic rings. The Morgan fingerprint density at radius 1 is 1.28 bits per heavy atom. The highest BCUT2D eigenvalue weighted by atomic mass is 16.7. The molecule has 2 N–H and O–H groups in total. The molecule has 0 saturated carbocycles. The number of aliphatic hydroxyl groups excluding tert-OH is 2. The number of hydrogen-bond donors (Lipinski definition) is 2. The summed E-state index contributed by atoms with van der Waals surface area (Å²) in [6.45, 7) is -0.194. The second-order valence-corrected chi connectivity index (χ2v) is 3.88. The molecule has 0 saturated heterocycles. The van der Waals surface area contributed by atoms with Gasteiger partial charge in [0, 0.05) is 12.0 Å². The first-order valence-corrected chi connectivity index (χ1v) is 5.53. The van der Waals surface area contributed by atoms with Gasteiger partial charge < -0.3 is 29.2 Å². The van der Waals surface area contributed by atoms with E-state index in [9.17, 15) is 5.11 Å². The van der Waals surface area contributed by atoms with Gasteiger partial charge in [0.25, 0.3) is 0 Å². The Balaban J connectivity index is 2.45. The first kappa shape index (κ1) is 12.8. The van der Waals surface area contributed by atoms with Crippen molar-refractivity contribution >= 4 is 0 Å². The van der Waals surface area contributed by atoms with Crippen molar-refractivity contribution in [2.24, 2.45) is 0 Å². The first-order chi connectivity index (χ1) is 8.71. The summed E-state index contributed by atoms with van der Waals surface area (Å²) in [6.07, 6.45) is -0.615. The Hall–Kier alpha value is -1.66. The Bertz CT molecular complexity index is 431. The van der Waals surface area contributed by atoms with Gasteiger partial charge in [-0.25, -0.2) is 0 Å². The number of hydrogen-bond acceptors (Lipinski definition) is 6. The summed E-state index contributed by atoms with van der Waals surface area (Å²) < 4.78 is 21.2. The van der Waals surface area contributed by atoms with E-state index < -0.39 is 6.10 Å². The van der Waals surface area contributed by atoms with Crippen LogP contribution >= 0.6 is 0 Å². The van der Waals surface area contributed by atoms with Crippen molar-refractivity contribution in [3.63, 3.8) is 0 Å². The molecule has 0 bridgehead atoms. The number of ether oxygens (including phenoxy) is 4. The van der Waals surface area contributed by atoms with Crippen molar-refractivity contribution in [3.05, 3.63) is 11.6 Å². The topological polar surface area (TPSA) is 77.4 Å². The summed E-state index contributed by atoms with van der Waals surface area (Å²) in [4.78, 5) is 0. The summed E-state index contributed by atoms with van der Waals surface area (Å²) in [5, 5.41) is 18.4. The van der Waals surface area contributed by atoms with Crippen molar-refractivity contribution in [1.82, 2.24) is 0 Å². The summed E-state index contributed by atoms with van der Waals surface area (Å²) in [7, 11) is 3.01. The molecular formula is C12H16O6. The maximum Gasteiger partial charge on any atom is 0.231 e. The van der Waals surface area contributed by atoms with Gasteiger partial charge in [0.05, 0.1) is 26.9 Å². The molecule has 1 aliphatic heterocycles. The van der Waals surface area contributed by atoms with Crippen molar-refractivity contribution in [2.45, 2.75) is 12.5 Å². The van der Waals surface area contributed by atoms with Gasteiger partial charge in [0.1, 0.15) is 0 Å². The highest BCUT2D eigenvalue weighted by molar-refractivity contribution is 5.63. The normalized spacial score (nSPS) is 14.4. The lowest BCUT2D eigenvalue weighted by atomic mass is 10.1. The van der Waals surface area contributed by atoms with Crippen LogP contribution in [-0.4, -0.2) is 43.9 Å². The number of rotatable bonds is 5. The van der Waals surface area contributed by atoms with E-state index >= 15 is 0 Å². The molecule has 0 spiro atoms. The molecule has 0 fully saturated rings. The van der Waals surface area contributed by atoms with Crippen LogP contribution < -0.4 is 18.9 Å². The minimum Gasteiger partial charge on any atom is -0.492 e. The van der Waals surface area contributed by atoms with Gasteiger partial charge in [-0.05, 0) is 6.07 Å². The van der Waals surface area contributed by atoms with E-state index in [0.29, 0.717) is 28.6 Å². The van der Waals surface area contributed by atoms with Crippen LogP contribution in [0.1, 0.15) is 5.56 Å². The van der Waals surface area contributed by atoms with Gasteiger partial charge in [-0.1, -0.05) is 0 Å². The fraction of sp³-hybridized carbons (Fsp3) is 0.500. The molecule has 1 heterocycles. The molecule has 0 amide bonds. The smallest absolute Gasteiger partial charge is 0.231 e. The predicted octanol–water partition coefficient (Wildman–Crippen LogP) is 0.328. The molecular weight excluding hydrogens is 240 g/mol. The van der Waals surface area contributed by atoms with Crippen LogP contribution in [0.15, 0.2) is 6.07 Å². The number of aliphatic hydroxyl groups is 2. The quantitative estimate of drug-likeness (QED) is 0.790. The van der Waals surface area contributed by atoms with Crippen LogP contribution in [0, 0.1) is 0 Å². The SMILES string of the molecule is COc1c(C[C@H](O)CO)cc2c(c1OC)OCO2. The lowest BCUT2D eigenvalue weighted by Gasteiger charge is -2.16. The van der Waals surface area contributed by atoms with Crippen LogP contribution in [-0.2, 0) is 6.42 Å². The van der Waals surface area contributed by atoms with E-state index in [4.69, 9.17) is 24.1 Å². The average molecular weight is 256 g/mol. The molecule has 0 radical (unpaired) electrons. The Morgan fingerprint density at radius 3 is 2.61 bits per heavy atom. The fourth-order valence-corrected chi connectivity index (χ4v) is 1.93. The van der Waals surface area contributed by atoms with Crippen LogP contribution in [0.3, 0.4) is 0 Å². The molecule has 100 valence electrons. The van der Waals surface area contributed by atoms with E-state index in [2.05, 4.69) is 0 Å². The van der Waals surface area contributed by atoms with Crippen LogP contribution in [0.25, 0.3) is 0 Å². The molecule has 1 atom stereocenters. The third-order valence-corrected chi connectivity index (χ3v) is 2.73. The predicted molar refractivity (Wildman–Crippen MR) is 62.5 cm³/mol. The molecule has 0 unspecified atom stereocenters. The van der Waals surface area contributed by atoms with Crippen molar-refractivity contribution in [3.8, 4) is 23.0 Å². The summed E-state index contributed by atoms with van der Waals surface area (Å²) in [6, 6.07) is 1.72. The monoisotopic (exact) mass is 256 g/mol. The van der Waals surface area contributed by atoms with Crippen molar-refractivity contribution < 1.29 is 29.2 Å². The van der Waals surface area contributed by atoms with E-state index in [1.165, 1.54) is 14.2 Å². The Kier molecular flexibility index (Phi) is 3.78. The summed E-state index contributed by atoms with van der Waals surface area (Å²) in [5.41, 5.74) is 0.695. The molecule has 2 rings (SSSR count). The minimum absolute atomic E-state index is 0.126. The number of fused-ring (bicyclic) bond motifs is 1. The molecule has 6 heteroatoms. The largest absolute Gasteiger partial charge is 0.492 e. The van der Waals surface area contributed by atoms with Gasteiger partial charge in [0.15, 0.2) is 11.5 Å². The second-order valence-electron chi connectivity index (χ2n) is 3.88. The zero-order valence-electron chi connectivity index (χ0n) is 10.3. The van der Waals surface area contributed by atoms with Crippen LogP contribution in [0.5, 0.6) is 23.0 Å². The number of methoxy groups -OCH3 is 2. The van der Waals surface area contributed by atoms with Gasteiger partial charge in [-0.3, -0.25) is 0 Å².